The van der Waals surface area contributed by atoms with Crippen LogP contribution in [0, 0.1) is 0 Å². The highest BCUT2D eigenvalue weighted by Gasteiger charge is 2.19. The lowest BCUT2D eigenvalue weighted by atomic mass is 10.0. The number of rotatable bonds is 4. The van der Waals surface area contributed by atoms with Crippen LogP contribution >= 0.6 is 11.3 Å². The first kappa shape index (κ1) is 13.2. The second kappa shape index (κ2) is 5.19. The van der Waals surface area contributed by atoms with Crippen molar-refractivity contribution >= 4 is 22.2 Å². The summed E-state index contributed by atoms with van der Waals surface area (Å²) in [7, 11) is 3.13. The summed E-state index contributed by atoms with van der Waals surface area (Å²) >= 11 is 1.27. The minimum atomic E-state index is -0.557. The molecule has 0 saturated carbocycles. The van der Waals surface area contributed by atoms with E-state index in [0.717, 1.165) is 5.56 Å². The molecule has 2 rings (SSSR count). The number of anilines is 1. The van der Waals surface area contributed by atoms with E-state index in [9.17, 15) is 4.79 Å². The maximum Gasteiger partial charge on any atom is 0.252 e. The van der Waals surface area contributed by atoms with Crippen molar-refractivity contribution in [3.05, 3.63) is 29.1 Å². The third-order valence-corrected chi connectivity index (χ3v) is 3.57. The molecule has 19 heavy (non-hydrogen) atoms. The molecular formula is C13H14N2O3S. The summed E-state index contributed by atoms with van der Waals surface area (Å²) in [6.45, 7) is 0. The zero-order valence-corrected chi connectivity index (χ0v) is 11.4. The average Bonchev–Trinajstić information content (AvgIpc) is 2.79. The predicted octanol–water partition coefficient (Wildman–Crippen LogP) is 2.11. The quantitative estimate of drug-likeness (QED) is 0.896. The number of benzene rings is 1. The van der Waals surface area contributed by atoms with E-state index in [-0.39, 0.29) is 0 Å². The van der Waals surface area contributed by atoms with Crippen LogP contribution < -0.4 is 20.9 Å². The Morgan fingerprint density at radius 1 is 1.21 bits per heavy atom. The summed E-state index contributed by atoms with van der Waals surface area (Å²) in [5.41, 5.74) is 12.9. The molecule has 6 heteroatoms. The van der Waals surface area contributed by atoms with Crippen LogP contribution in [0.4, 0.5) is 5.00 Å². The fourth-order valence-electron chi connectivity index (χ4n) is 1.85. The average molecular weight is 278 g/mol. The van der Waals surface area contributed by atoms with Gasteiger partial charge in [-0.15, -0.1) is 11.3 Å². The molecule has 0 saturated heterocycles. The topological polar surface area (TPSA) is 87.6 Å². The largest absolute Gasteiger partial charge is 0.497 e. The van der Waals surface area contributed by atoms with E-state index in [4.69, 9.17) is 20.9 Å². The van der Waals surface area contributed by atoms with Gasteiger partial charge >= 0.3 is 0 Å². The molecule has 0 spiro atoms. The van der Waals surface area contributed by atoms with Gasteiger partial charge in [-0.2, -0.15) is 0 Å². The minimum absolute atomic E-state index is 0.316. The zero-order chi connectivity index (χ0) is 14.0. The Morgan fingerprint density at radius 3 is 2.53 bits per heavy atom. The normalized spacial score (nSPS) is 10.2. The fourth-order valence-corrected chi connectivity index (χ4v) is 2.67. The van der Waals surface area contributed by atoms with E-state index in [1.54, 1.807) is 37.8 Å². The number of nitrogen functional groups attached to an aromatic ring is 1. The monoisotopic (exact) mass is 278 g/mol. The second-order valence-electron chi connectivity index (χ2n) is 3.82. The Balaban J connectivity index is 2.67. The number of hydrogen-bond donors (Lipinski definition) is 2. The Bertz CT molecular complexity index is 622. The lowest BCUT2D eigenvalue weighted by molar-refractivity contribution is 0.100. The molecule has 0 aliphatic rings. The molecule has 1 aromatic heterocycles. The Hall–Kier alpha value is -2.21. The molecule has 0 bridgehead atoms. The van der Waals surface area contributed by atoms with Crippen molar-refractivity contribution in [3.63, 3.8) is 0 Å². The highest BCUT2D eigenvalue weighted by atomic mass is 32.1. The maximum atomic E-state index is 11.5. The van der Waals surface area contributed by atoms with Crippen LogP contribution in [0.2, 0.25) is 0 Å². The summed E-state index contributed by atoms with van der Waals surface area (Å²) in [5.74, 6) is 0.732. The molecule has 2 aromatic rings. The van der Waals surface area contributed by atoms with Gasteiger partial charge in [-0.25, -0.2) is 0 Å². The molecule has 1 amide bonds. The summed E-state index contributed by atoms with van der Waals surface area (Å²) in [5, 5.41) is 2.18. The molecule has 0 fully saturated rings. The van der Waals surface area contributed by atoms with E-state index in [1.807, 2.05) is 0 Å². The summed E-state index contributed by atoms with van der Waals surface area (Å²) in [4.78, 5) is 11.5. The van der Waals surface area contributed by atoms with Gasteiger partial charge in [-0.1, -0.05) is 0 Å². The molecule has 5 nitrogen and oxygen atoms in total. The number of primary amides is 1. The van der Waals surface area contributed by atoms with Crippen molar-refractivity contribution in [1.29, 1.82) is 0 Å². The van der Waals surface area contributed by atoms with Crippen LogP contribution in [-0.2, 0) is 0 Å². The Morgan fingerprint density at radius 2 is 1.95 bits per heavy atom. The van der Waals surface area contributed by atoms with E-state index in [0.29, 0.717) is 27.6 Å². The van der Waals surface area contributed by atoms with Crippen LogP contribution in [0.1, 0.15) is 10.4 Å². The van der Waals surface area contributed by atoms with Gasteiger partial charge in [0.2, 0.25) is 0 Å². The van der Waals surface area contributed by atoms with Crippen molar-refractivity contribution in [2.45, 2.75) is 0 Å². The van der Waals surface area contributed by atoms with Gasteiger partial charge in [0.15, 0.2) is 0 Å². The predicted molar refractivity (Wildman–Crippen MR) is 75.8 cm³/mol. The van der Waals surface area contributed by atoms with Crippen LogP contribution in [0.25, 0.3) is 11.1 Å². The lowest BCUT2D eigenvalue weighted by Crippen LogP contribution is -2.13. The maximum absolute atomic E-state index is 11.5. The third-order valence-electron chi connectivity index (χ3n) is 2.76. The fraction of sp³-hybridized carbons (Fsp3) is 0.154. The van der Waals surface area contributed by atoms with Gasteiger partial charge in [0.25, 0.3) is 5.91 Å². The number of amides is 1. The molecule has 1 heterocycles. The molecule has 0 aliphatic carbocycles. The van der Waals surface area contributed by atoms with Crippen molar-refractivity contribution in [2.75, 3.05) is 20.0 Å². The van der Waals surface area contributed by atoms with Crippen LogP contribution in [-0.4, -0.2) is 20.1 Å². The van der Waals surface area contributed by atoms with Gasteiger partial charge in [0.05, 0.1) is 24.8 Å². The zero-order valence-electron chi connectivity index (χ0n) is 10.6. The van der Waals surface area contributed by atoms with E-state index in [2.05, 4.69) is 0 Å². The molecule has 1 aromatic carbocycles. The van der Waals surface area contributed by atoms with Crippen molar-refractivity contribution in [2.24, 2.45) is 5.73 Å². The van der Waals surface area contributed by atoms with Crippen LogP contribution in [0.5, 0.6) is 11.5 Å². The van der Waals surface area contributed by atoms with Crippen molar-refractivity contribution in [3.8, 4) is 22.6 Å². The molecule has 0 aliphatic heterocycles. The number of hydrogen-bond acceptors (Lipinski definition) is 5. The number of nitrogens with two attached hydrogens (primary N) is 2. The van der Waals surface area contributed by atoms with Gasteiger partial charge in [0, 0.05) is 16.5 Å². The first-order valence-corrected chi connectivity index (χ1v) is 6.35. The molecule has 0 radical (unpaired) electrons. The second-order valence-corrected chi connectivity index (χ2v) is 4.73. The number of methoxy groups -OCH3 is 2. The highest BCUT2D eigenvalue weighted by Crippen LogP contribution is 2.39. The first-order chi connectivity index (χ1) is 9.08. The standard InChI is InChI=1S/C13H14N2O3S/c1-17-7-3-4-10(18-2)8(5-7)9-6-19-13(15)11(9)12(14)16/h3-6H,15H2,1-2H3,(H2,14,16). The minimum Gasteiger partial charge on any atom is -0.497 e. The number of carbonyl (C=O) groups is 1. The Kier molecular flexibility index (Phi) is 3.62. The number of thiophene rings is 1. The van der Waals surface area contributed by atoms with Gasteiger partial charge < -0.3 is 20.9 Å². The third kappa shape index (κ3) is 2.34. The SMILES string of the molecule is COc1ccc(OC)c(-c2csc(N)c2C(N)=O)c1. The summed E-state index contributed by atoms with van der Waals surface area (Å²) in [6.07, 6.45) is 0. The lowest BCUT2D eigenvalue weighted by Gasteiger charge is -2.10. The smallest absolute Gasteiger partial charge is 0.252 e. The van der Waals surface area contributed by atoms with Gasteiger partial charge in [0.1, 0.15) is 11.5 Å². The molecule has 0 atom stereocenters. The molecule has 4 N–H and O–H groups in total. The Labute approximate surface area is 114 Å². The highest BCUT2D eigenvalue weighted by molar-refractivity contribution is 7.15. The molecule has 0 unspecified atom stereocenters. The van der Waals surface area contributed by atoms with Crippen molar-refractivity contribution < 1.29 is 14.3 Å². The van der Waals surface area contributed by atoms with E-state index >= 15 is 0 Å². The van der Waals surface area contributed by atoms with Crippen molar-refractivity contribution in [1.82, 2.24) is 0 Å². The van der Waals surface area contributed by atoms with Crippen LogP contribution in [0.3, 0.4) is 0 Å². The first-order valence-electron chi connectivity index (χ1n) is 5.47. The van der Waals surface area contributed by atoms with Gasteiger partial charge in [-0.3, -0.25) is 4.79 Å². The molecule has 100 valence electrons. The molecular weight excluding hydrogens is 264 g/mol. The number of carbonyl (C=O) groups excluding carboxylic acids is 1. The van der Waals surface area contributed by atoms with Gasteiger partial charge in [-0.05, 0) is 18.2 Å². The summed E-state index contributed by atoms with van der Waals surface area (Å²) < 4.78 is 10.5. The van der Waals surface area contributed by atoms with Crippen LogP contribution in [0.15, 0.2) is 23.6 Å². The van der Waals surface area contributed by atoms with E-state index < -0.39 is 5.91 Å². The number of ether oxygens (including phenoxy) is 2. The van der Waals surface area contributed by atoms with E-state index in [1.165, 1.54) is 11.3 Å². The summed E-state index contributed by atoms with van der Waals surface area (Å²) in [6, 6.07) is 5.33.